The van der Waals surface area contributed by atoms with Gasteiger partial charge in [0.05, 0.1) is 22.0 Å². The van der Waals surface area contributed by atoms with Gasteiger partial charge in [0.2, 0.25) is 5.91 Å². The Morgan fingerprint density at radius 1 is 1.00 bits per heavy atom. The molecule has 3 aromatic rings. The maximum absolute atomic E-state index is 12.5. The Kier molecular flexibility index (Phi) is 4.08. The van der Waals surface area contributed by atoms with Crippen molar-refractivity contribution in [2.75, 3.05) is 10.6 Å². The summed E-state index contributed by atoms with van der Waals surface area (Å²) < 4.78 is 0. The third-order valence-electron chi connectivity index (χ3n) is 4.15. The molecule has 0 radical (unpaired) electrons. The first-order valence-corrected chi connectivity index (χ1v) is 8.98. The number of fused-ring (bicyclic) bond motifs is 2. The number of carbonyl (C=O) groups excluding carboxylic acids is 2. The van der Waals surface area contributed by atoms with E-state index in [1.165, 1.54) is 11.8 Å². The first-order chi connectivity index (χ1) is 12.9. The molecule has 0 fully saturated rings. The average molecular weight is 382 g/mol. The summed E-state index contributed by atoms with van der Waals surface area (Å²) in [7, 11) is 0. The van der Waals surface area contributed by atoms with E-state index in [0.717, 1.165) is 4.90 Å². The molecule has 0 bridgehead atoms. The lowest BCUT2D eigenvalue weighted by Gasteiger charge is -2.21. The fourth-order valence-corrected chi connectivity index (χ4v) is 3.68. The first kappa shape index (κ1) is 17.1. The van der Waals surface area contributed by atoms with Crippen molar-refractivity contribution in [1.29, 1.82) is 0 Å². The number of benzene rings is 2. The molecule has 4 N–H and O–H groups in total. The molecule has 2 aromatic carbocycles. The number of H-pyrrole nitrogens is 2. The van der Waals surface area contributed by atoms with Gasteiger partial charge < -0.3 is 20.6 Å². The zero-order valence-electron chi connectivity index (χ0n) is 14.1. The summed E-state index contributed by atoms with van der Waals surface area (Å²) >= 11 is 1.44. The Balaban J connectivity index is 1.61. The van der Waals surface area contributed by atoms with Gasteiger partial charge in [-0.1, -0.05) is 0 Å². The van der Waals surface area contributed by atoms with E-state index in [2.05, 4.69) is 20.6 Å². The number of aromatic nitrogens is 2. The fourth-order valence-electron chi connectivity index (χ4n) is 2.75. The molecule has 4 rings (SSSR count). The Labute approximate surface area is 156 Å². The van der Waals surface area contributed by atoms with Crippen LogP contribution >= 0.6 is 11.8 Å². The van der Waals surface area contributed by atoms with E-state index >= 15 is 0 Å². The summed E-state index contributed by atoms with van der Waals surface area (Å²) in [5, 5.41) is 5.35. The van der Waals surface area contributed by atoms with Gasteiger partial charge in [-0.3, -0.25) is 19.2 Å². The molecule has 1 aliphatic rings. The molecule has 1 atom stereocenters. The Bertz CT molecular complexity index is 1210. The van der Waals surface area contributed by atoms with Crippen LogP contribution in [0.3, 0.4) is 0 Å². The number of hydrogen-bond acceptors (Lipinski definition) is 5. The number of anilines is 2. The SMILES string of the molecule is CC1Sc2ccc(C(=O)Nc3ccc4[nH]c(=O)c(=O)[nH]c4c3)cc2NC1=O. The second-order valence-corrected chi connectivity index (χ2v) is 7.47. The molecule has 0 spiro atoms. The van der Waals surface area contributed by atoms with Crippen molar-refractivity contribution in [1.82, 2.24) is 9.97 Å². The van der Waals surface area contributed by atoms with E-state index in [1.54, 1.807) is 36.4 Å². The first-order valence-electron chi connectivity index (χ1n) is 8.10. The maximum atomic E-state index is 12.5. The molecule has 0 saturated heterocycles. The largest absolute Gasteiger partial charge is 0.324 e. The highest BCUT2D eigenvalue weighted by Gasteiger charge is 2.23. The predicted octanol–water partition coefficient (Wildman–Crippen LogP) is 1.90. The van der Waals surface area contributed by atoms with Gasteiger partial charge >= 0.3 is 11.1 Å². The number of thioether (sulfide) groups is 1. The highest BCUT2D eigenvalue weighted by molar-refractivity contribution is 8.00. The van der Waals surface area contributed by atoms with Gasteiger partial charge in [-0.2, -0.15) is 0 Å². The standard InChI is InChI=1S/C18H14N4O4S/c1-8-15(23)22-13-6-9(2-5-14(13)27-8)16(24)19-10-3-4-11-12(7-10)21-18(26)17(25)20-11/h2-8H,1H3,(H,19,24)(H,20,25)(H,21,26)(H,22,23). The average Bonchev–Trinajstić information content (AvgIpc) is 2.63. The van der Waals surface area contributed by atoms with E-state index in [4.69, 9.17) is 0 Å². The molecular weight excluding hydrogens is 368 g/mol. The monoisotopic (exact) mass is 382 g/mol. The van der Waals surface area contributed by atoms with Gasteiger partial charge in [-0.15, -0.1) is 11.8 Å². The fraction of sp³-hybridized carbons (Fsp3) is 0.111. The van der Waals surface area contributed by atoms with Crippen LogP contribution in [0.2, 0.25) is 0 Å². The highest BCUT2D eigenvalue weighted by Crippen LogP contribution is 2.36. The second kappa shape index (κ2) is 6.44. The molecule has 0 aliphatic carbocycles. The van der Waals surface area contributed by atoms with E-state index in [9.17, 15) is 19.2 Å². The molecule has 1 aliphatic heterocycles. The maximum Gasteiger partial charge on any atom is 0.314 e. The second-order valence-electron chi connectivity index (χ2n) is 6.08. The molecule has 0 saturated carbocycles. The number of carbonyl (C=O) groups is 2. The molecule has 136 valence electrons. The lowest BCUT2D eigenvalue weighted by molar-refractivity contribution is -0.115. The van der Waals surface area contributed by atoms with Gasteiger partial charge in [0.25, 0.3) is 5.91 Å². The van der Waals surface area contributed by atoms with E-state index in [1.807, 2.05) is 6.92 Å². The van der Waals surface area contributed by atoms with Crippen molar-refractivity contribution in [3.63, 3.8) is 0 Å². The normalized spacial score (nSPS) is 15.9. The number of nitrogens with one attached hydrogen (secondary N) is 4. The van der Waals surface area contributed by atoms with Crippen molar-refractivity contribution >= 4 is 46.0 Å². The summed E-state index contributed by atoms with van der Waals surface area (Å²) in [5.74, 6) is -0.459. The summed E-state index contributed by atoms with van der Waals surface area (Å²) in [4.78, 5) is 53.0. The summed E-state index contributed by atoms with van der Waals surface area (Å²) in [6, 6.07) is 9.88. The highest BCUT2D eigenvalue weighted by atomic mass is 32.2. The van der Waals surface area contributed by atoms with Crippen molar-refractivity contribution < 1.29 is 9.59 Å². The predicted molar refractivity (Wildman–Crippen MR) is 104 cm³/mol. The van der Waals surface area contributed by atoms with Crippen molar-refractivity contribution in [3.8, 4) is 0 Å². The van der Waals surface area contributed by atoms with Gasteiger partial charge in [0, 0.05) is 16.1 Å². The van der Waals surface area contributed by atoms with Gasteiger partial charge in [-0.05, 0) is 43.3 Å². The van der Waals surface area contributed by atoms with E-state index < -0.39 is 11.1 Å². The number of amides is 2. The van der Waals surface area contributed by atoms with Crippen LogP contribution in [-0.2, 0) is 4.79 Å². The van der Waals surface area contributed by atoms with Crippen LogP contribution in [0.15, 0.2) is 50.9 Å². The van der Waals surface area contributed by atoms with Crippen LogP contribution in [-0.4, -0.2) is 27.0 Å². The molecule has 8 nitrogen and oxygen atoms in total. The topological polar surface area (TPSA) is 124 Å². The van der Waals surface area contributed by atoms with Crippen LogP contribution in [0.1, 0.15) is 17.3 Å². The number of hydrogen-bond donors (Lipinski definition) is 4. The lowest BCUT2D eigenvalue weighted by Crippen LogP contribution is -2.28. The molecule has 2 heterocycles. The molecule has 27 heavy (non-hydrogen) atoms. The van der Waals surface area contributed by atoms with Gasteiger partial charge in [0.15, 0.2) is 0 Å². The molecular formula is C18H14N4O4S. The zero-order chi connectivity index (χ0) is 19.1. The quantitative estimate of drug-likeness (QED) is 0.504. The van der Waals surface area contributed by atoms with Crippen LogP contribution < -0.4 is 21.8 Å². The zero-order valence-corrected chi connectivity index (χ0v) is 14.9. The van der Waals surface area contributed by atoms with Crippen LogP contribution in [0.25, 0.3) is 11.0 Å². The Morgan fingerprint density at radius 3 is 2.52 bits per heavy atom. The van der Waals surface area contributed by atoms with E-state index in [-0.39, 0.29) is 17.1 Å². The molecule has 1 aromatic heterocycles. The minimum Gasteiger partial charge on any atom is -0.324 e. The van der Waals surface area contributed by atoms with Crippen molar-refractivity contribution in [2.45, 2.75) is 17.1 Å². The Morgan fingerprint density at radius 2 is 1.74 bits per heavy atom. The Hall–Kier alpha value is -3.33. The smallest absolute Gasteiger partial charge is 0.314 e. The summed E-state index contributed by atoms with van der Waals surface area (Å²) in [5.41, 5.74) is 0.821. The van der Waals surface area contributed by atoms with Crippen molar-refractivity contribution in [3.05, 3.63) is 62.7 Å². The minimum absolute atomic E-state index is 0.0995. The van der Waals surface area contributed by atoms with Crippen molar-refractivity contribution in [2.24, 2.45) is 0 Å². The van der Waals surface area contributed by atoms with Gasteiger partial charge in [-0.25, -0.2) is 0 Å². The molecule has 9 heteroatoms. The van der Waals surface area contributed by atoms with Gasteiger partial charge in [0.1, 0.15) is 0 Å². The minimum atomic E-state index is -0.761. The number of aromatic amines is 2. The summed E-state index contributed by atoms with van der Waals surface area (Å²) in [6.45, 7) is 1.82. The number of rotatable bonds is 2. The van der Waals surface area contributed by atoms with Crippen LogP contribution in [0.4, 0.5) is 11.4 Å². The lowest BCUT2D eigenvalue weighted by atomic mass is 10.1. The third kappa shape index (κ3) is 3.24. The molecule has 2 amide bonds. The third-order valence-corrected chi connectivity index (χ3v) is 5.33. The van der Waals surface area contributed by atoms with E-state index in [0.29, 0.717) is 28.0 Å². The molecule has 1 unspecified atom stereocenters. The van der Waals surface area contributed by atoms with Crippen LogP contribution in [0, 0.1) is 0 Å². The van der Waals surface area contributed by atoms with Crippen LogP contribution in [0.5, 0.6) is 0 Å². The summed E-state index contributed by atoms with van der Waals surface area (Å²) in [6.07, 6.45) is 0.